The second kappa shape index (κ2) is 9.47. The zero-order valence-electron chi connectivity index (χ0n) is 17.8. The molecule has 0 saturated carbocycles. The van der Waals surface area contributed by atoms with Crippen LogP contribution in [-0.2, 0) is 19.6 Å². The molecule has 1 aliphatic heterocycles. The van der Waals surface area contributed by atoms with Crippen molar-refractivity contribution in [3.63, 3.8) is 0 Å². The minimum absolute atomic E-state index is 0.0590. The van der Waals surface area contributed by atoms with E-state index in [9.17, 15) is 9.59 Å². The Bertz CT molecular complexity index is 1030. The molecular formula is C26H27N3O2. The first-order valence-electron chi connectivity index (χ1n) is 10.6. The fourth-order valence-electron chi connectivity index (χ4n) is 3.70. The van der Waals surface area contributed by atoms with Crippen LogP contribution in [0.1, 0.15) is 32.6 Å². The Hall–Kier alpha value is -3.60. The number of rotatable bonds is 7. The summed E-state index contributed by atoms with van der Waals surface area (Å²) < 4.78 is 0. The van der Waals surface area contributed by atoms with Gasteiger partial charge in [-0.2, -0.15) is 0 Å². The number of hydrogen-bond acceptors (Lipinski definition) is 2. The Labute approximate surface area is 183 Å². The zero-order valence-corrected chi connectivity index (χ0v) is 17.8. The highest BCUT2D eigenvalue weighted by atomic mass is 16.2. The number of urea groups is 1. The lowest BCUT2D eigenvalue weighted by molar-refractivity contribution is 0.0951. The highest BCUT2D eigenvalue weighted by Gasteiger charge is 2.28. The molecule has 0 atom stereocenters. The molecule has 5 nitrogen and oxygen atoms in total. The van der Waals surface area contributed by atoms with Crippen molar-refractivity contribution in [1.29, 1.82) is 0 Å². The van der Waals surface area contributed by atoms with Gasteiger partial charge in [0, 0.05) is 38.3 Å². The van der Waals surface area contributed by atoms with Gasteiger partial charge in [0.2, 0.25) is 0 Å². The molecule has 0 radical (unpaired) electrons. The smallest absolute Gasteiger partial charge is 0.320 e. The first-order chi connectivity index (χ1) is 15.1. The van der Waals surface area contributed by atoms with Gasteiger partial charge >= 0.3 is 6.03 Å². The molecule has 5 heteroatoms. The lowest BCUT2D eigenvalue weighted by Crippen LogP contribution is -2.31. The number of nitrogens with zero attached hydrogens (tertiary/aromatic N) is 2. The van der Waals surface area contributed by atoms with Crippen LogP contribution < -0.4 is 5.32 Å². The monoisotopic (exact) mass is 413 g/mol. The Balaban J connectivity index is 1.29. The number of benzene rings is 3. The van der Waals surface area contributed by atoms with Gasteiger partial charge in [0.25, 0.3) is 5.91 Å². The van der Waals surface area contributed by atoms with Gasteiger partial charge in [0.1, 0.15) is 0 Å². The number of carbonyl (C=O) groups excluding carboxylic acids is 2. The molecule has 31 heavy (non-hydrogen) atoms. The lowest BCUT2D eigenvalue weighted by Gasteiger charge is -2.19. The maximum absolute atomic E-state index is 12.7. The van der Waals surface area contributed by atoms with Crippen molar-refractivity contribution in [2.24, 2.45) is 0 Å². The highest BCUT2D eigenvalue weighted by Crippen LogP contribution is 2.17. The summed E-state index contributed by atoms with van der Waals surface area (Å²) in [6.07, 6.45) is 0. The van der Waals surface area contributed by atoms with E-state index in [0.29, 0.717) is 31.7 Å². The van der Waals surface area contributed by atoms with Gasteiger partial charge in [-0.25, -0.2) is 4.79 Å². The number of amides is 3. The third-order valence-electron chi connectivity index (χ3n) is 5.56. The molecule has 0 aromatic heterocycles. The Morgan fingerprint density at radius 2 is 1.32 bits per heavy atom. The van der Waals surface area contributed by atoms with Crippen LogP contribution in [0, 0.1) is 6.92 Å². The predicted molar refractivity (Wildman–Crippen MR) is 121 cm³/mol. The second-order valence-electron chi connectivity index (χ2n) is 7.98. The van der Waals surface area contributed by atoms with E-state index in [0.717, 1.165) is 23.2 Å². The Morgan fingerprint density at radius 1 is 0.774 bits per heavy atom. The van der Waals surface area contributed by atoms with Gasteiger partial charge < -0.3 is 15.1 Å². The molecule has 0 bridgehead atoms. The van der Waals surface area contributed by atoms with Gasteiger partial charge in [0.05, 0.1) is 0 Å². The third-order valence-corrected chi connectivity index (χ3v) is 5.56. The summed E-state index contributed by atoms with van der Waals surface area (Å²) in [4.78, 5) is 28.9. The van der Waals surface area contributed by atoms with Gasteiger partial charge in [-0.1, -0.05) is 72.3 Å². The maximum atomic E-state index is 12.7. The van der Waals surface area contributed by atoms with E-state index >= 15 is 0 Å². The number of nitrogens with one attached hydrogen (secondary N) is 1. The molecule has 1 fully saturated rings. The molecule has 1 N–H and O–H groups in total. The van der Waals surface area contributed by atoms with Crippen molar-refractivity contribution in [3.05, 3.63) is 107 Å². The zero-order chi connectivity index (χ0) is 21.6. The molecule has 1 heterocycles. The summed E-state index contributed by atoms with van der Waals surface area (Å²) in [5.74, 6) is -0.0987. The van der Waals surface area contributed by atoms with E-state index < -0.39 is 0 Å². The topological polar surface area (TPSA) is 52.7 Å². The standard InChI is InChI=1S/C26H27N3O2/c1-20-7-9-21(10-8-20)17-27-25(30)24-13-11-23(12-14-24)19-29-16-15-28(26(29)31)18-22-5-3-2-4-6-22/h2-14H,15-19H2,1H3,(H,27,30). The SMILES string of the molecule is Cc1ccc(CNC(=O)c2ccc(CN3CCN(Cc4ccccc4)C3=O)cc2)cc1. The van der Waals surface area contributed by atoms with Crippen molar-refractivity contribution >= 4 is 11.9 Å². The van der Waals surface area contributed by atoms with Crippen LogP contribution in [0.5, 0.6) is 0 Å². The second-order valence-corrected chi connectivity index (χ2v) is 7.98. The molecule has 0 spiro atoms. The maximum Gasteiger partial charge on any atom is 0.320 e. The van der Waals surface area contributed by atoms with Crippen molar-refractivity contribution in [3.8, 4) is 0 Å². The predicted octanol–water partition coefficient (Wildman–Crippen LogP) is 4.36. The molecule has 4 rings (SSSR count). The lowest BCUT2D eigenvalue weighted by atomic mass is 10.1. The average Bonchev–Trinajstić information content (AvgIpc) is 3.13. The van der Waals surface area contributed by atoms with Crippen molar-refractivity contribution < 1.29 is 9.59 Å². The summed E-state index contributed by atoms with van der Waals surface area (Å²) in [7, 11) is 0. The summed E-state index contributed by atoms with van der Waals surface area (Å²) >= 11 is 0. The van der Waals surface area contributed by atoms with E-state index in [1.807, 2.05) is 95.6 Å². The minimum Gasteiger partial charge on any atom is -0.348 e. The first kappa shape index (κ1) is 20.7. The summed E-state index contributed by atoms with van der Waals surface area (Å²) in [6, 6.07) is 25.7. The number of hydrogen-bond donors (Lipinski definition) is 1. The van der Waals surface area contributed by atoms with Crippen LogP contribution in [0.4, 0.5) is 4.79 Å². The van der Waals surface area contributed by atoms with Crippen LogP contribution in [0.15, 0.2) is 78.9 Å². The summed E-state index contributed by atoms with van der Waals surface area (Å²) in [6.45, 7) is 5.17. The molecule has 3 aromatic rings. The van der Waals surface area contributed by atoms with Crippen LogP contribution in [-0.4, -0.2) is 34.8 Å². The molecule has 1 saturated heterocycles. The fourth-order valence-corrected chi connectivity index (χ4v) is 3.70. The van der Waals surface area contributed by atoms with Gasteiger partial charge in [-0.05, 0) is 35.7 Å². The summed E-state index contributed by atoms with van der Waals surface area (Å²) in [5.41, 5.74) is 5.05. The van der Waals surface area contributed by atoms with Crippen LogP contribution in [0.2, 0.25) is 0 Å². The van der Waals surface area contributed by atoms with E-state index in [1.165, 1.54) is 5.56 Å². The summed E-state index contributed by atoms with van der Waals surface area (Å²) in [5, 5.41) is 2.95. The van der Waals surface area contributed by atoms with E-state index in [-0.39, 0.29) is 11.9 Å². The third kappa shape index (κ3) is 5.31. The van der Waals surface area contributed by atoms with Crippen molar-refractivity contribution in [2.45, 2.75) is 26.6 Å². The van der Waals surface area contributed by atoms with Gasteiger partial charge in [0.15, 0.2) is 0 Å². The molecule has 3 amide bonds. The Kier molecular flexibility index (Phi) is 6.32. The van der Waals surface area contributed by atoms with Gasteiger partial charge in [-0.3, -0.25) is 4.79 Å². The van der Waals surface area contributed by atoms with Gasteiger partial charge in [-0.15, -0.1) is 0 Å². The minimum atomic E-state index is -0.0987. The van der Waals surface area contributed by atoms with Crippen molar-refractivity contribution in [1.82, 2.24) is 15.1 Å². The molecule has 3 aromatic carbocycles. The molecule has 0 aliphatic carbocycles. The fraction of sp³-hybridized carbons (Fsp3) is 0.231. The first-order valence-corrected chi connectivity index (χ1v) is 10.6. The van der Waals surface area contributed by atoms with E-state index in [4.69, 9.17) is 0 Å². The van der Waals surface area contributed by atoms with Crippen LogP contribution in [0.3, 0.4) is 0 Å². The molecular weight excluding hydrogens is 386 g/mol. The Morgan fingerprint density at radius 3 is 1.94 bits per heavy atom. The van der Waals surface area contributed by atoms with E-state index in [2.05, 4.69) is 5.32 Å². The molecule has 1 aliphatic rings. The number of aryl methyl sites for hydroxylation is 1. The molecule has 0 unspecified atom stereocenters. The highest BCUT2D eigenvalue weighted by molar-refractivity contribution is 5.94. The largest absolute Gasteiger partial charge is 0.348 e. The normalized spacial score (nSPS) is 13.5. The van der Waals surface area contributed by atoms with Crippen LogP contribution in [0.25, 0.3) is 0 Å². The average molecular weight is 414 g/mol. The molecule has 158 valence electrons. The van der Waals surface area contributed by atoms with E-state index in [1.54, 1.807) is 0 Å². The quantitative estimate of drug-likeness (QED) is 0.626. The van der Waals surface area contributed by atoms with Crippen LogP contribution >= 0.6 is 0 Å². The van der Waals surface area contributed by atoms with Crippen molar-refractivity contribution in [2.75, 3.05) is 13.1 Å². The number of carbonyl (C=O) groups is 2.